The van der Waals surface area contributed by atoms with E-state index in [0.717, 1.165) is 29.0 Å². The number of anilines is 1. The minimum Gasteiger partial charge on any atom is -0.496 e. The summed E-state index contributed by atoms with van der Waals surface area (Å²) in [6.45, 7) is 0. The Balaban J connectivity index is 1.57. The fourth-order valence-electron chi connectivity index (χ4n) is 3.19. The molecular formula is C24H19F2N3O2S. The van der Waals surface area contributed by atoms with Crippen molar-refractivity contribution in [1.29, 1.82) is 0 Å². The number of carbonyl (C=O) groups is 1. The second-order valence-corrected chi connectivity index (χ2v) is 7.88. The average Bonchev–Trinajstić information content (AvgIpc) is 2.80. The van der Waals surface area contributed by atoms with Crippen LogP contribution in [0.25, 0.3) is 11.0 Å². The van der Waals surface area contributed by atoms with E-state index in [2.05, 4.69) is 5.32 Å². The SMILES string of the molecule is COc1ccccc1Cc1nc2ccccc2nc1SCC(=O)Nc1ccc(F)cc1F. The summed E-state index contributed by atoms with van der Waals surface area (Å²) in [7, 11) is 1.61. The van der Waals surface area contributed by atoms with E-state index in [9.17, 15) is 13.6 Å². The van der Waals surface area contributed by atoms with Gasteiger partial charge in [0.05, 0.1) is 35.3 Å². The van der Waals surface area contributed by atoms with E-state index >= 15 is 0 Å². The predicted molar refractivity (Wildman–Crippen MR) is 121 cm³/mol. The number of methoxy groups -OCH3 is 1. The summed E-state index contributed by atoms with van der Waals surface area (Å²) in [5.74, 6) is -1.24. The Kier molecular flexibility index (Phi) is 6.61. The molecule has 5 nitrogen and oxygen atoms in total. The van der Waals surface area contributed by atoms with Gasteiger partial charge in [0.2, 0.25) is 5.91 Å². The zero-order chi connectivity index (χ0) is 22.5. The molecule has 0 atom stereocenters. The van der Waals surface area contributed by atoms with Crippen LogP contribution < -0.4 is 10.1 Å². The molecule has 0 radical (unpaired) electrons. The smallest absolute Gasteiger partial charge is 0.234 e. The van der Waals surface area contributed by atoms with Crippen LogP contribution >= 0.6 is 11.8 Å². The number of nitrogens with one attached hydrogen (secondary N) is 1. The molecule has 1 amide bonds. The molecule has 0 aliphatic rings. The number of fused-ring (bicyclic) bond motifs is 1. The predicted octanol–water partition coefficient (Wildman–Crippen LogP) is 5.24. The van der Waals surface area contributed by atoms with E-state index in [1.54, 1.807) is 7.11 Å². The van der Waals surface area contributed by atoms with Crippen LogP contribution in [-0.4, -0.2) is 28.7 Å². The first kappa shape index (κ1) is 21.7. The van der Waals surface area contributed by atoms with Gasteiger partial charge in [-0.2, -0.15) is 0 Å². The first-order chi connectivity index (χ1) is 15.5. The highest BCUT2D eigenvalue weighted by Gasteiger charge is 2.15. The van der Waals surface area contributed by atoms with Gasteiger partial charge in [-0.3, -0.25) is 4.79 Å². The maximum Gasteiger partial charge on any atom is 0.234 e. The van der Waals surface area contributed by atoms with Gasteiger partial charge >= 0.3 is 0 Å². The van der Waals surface area contributed by atoms with E-state index in [-0.39, 0.29) is 11.4 Å². The molecule has 1 heterocycles. The van der Waals surface area contributed by atoms with Gasteiger partial charge in [0.1, 0.15) is 22.4 Å². The van der Waals surface area contributed by atoms with Gasteiger partial charge in [0.25, 0.3) is 0 Å². The Bertz CT molecular complexity index is 1280. The van der Waals surface area contributed by atoms with Crippen molar-refractivity contribution in [2.45, 2.75) is 11.4 Å². The Morgan fingerprint density at radius 2 is 1.72 bits per heavy atom. The lowest BCUT2D eigenvalue weighted by atomic mass is 10.1. The van der Waals surface area contributed by atoms with Crippen molar-refractivity contribution in [1.82, 2.24) is 9.97 Å². The van der Waals surface area contributed by atoms with Crippen LogP contribution in [-0.2, 0) is 11.2 Å². The summed E-state index contributed by atoms with van der Waals surface area (Å²) in [6.07, 6.45) is 0.471. The Hall–Kier alpha value is -3.52. The summed E-state index contributed by atoms with van der Waals surface area (Å²) in [6, 6.07) is 18.1. The number of amides is 1. The number of carbonyl (C=O) groups excluding carboxylic acids is 1. The molecule has 162 valence electrons. The molecule has 4 rings (SSSR count). The van der Waals surface area contributed by atoms with Gasteiger partial charge in [-0.1, -0.05) is 42.1 Å². The van der Waals surface area contributed by atoms with Crippen LogP contribution in [0.1, 0.15) is 11.3 Å². The Labute approximate surface area is 187 Å². The van der Waals surface area contributed by atoms with Crippen LogP contribution in [0.4, 0.5) is 14.5 Å². The van der Waals surface area contributed by atoms with Crippen molar-refractivity contribution in [3.63, 3.8) is 0 Å². The van der Waals surface area contributed by atoms with Crippen LogP contribution in [0.5, 0.6) is 5.75 Å². The standard InChI is InChI=1S/C24H19F2N3O2S/c1-31-22-9-5-2-6-15(22)12-21-24(29-20-8-4-3-7-19(20)27-21)32-14-23(30)28-18-11-10-16(25)13-17(18)26/h2-11,13H,12,14H2,1H3,(H,28,30). The first-order valence-corrected chi connectivity index (χ1v) is 10.8. The van der Waals surface area contributed by atoms with E-state index in [1.165, 1.54) is 17.8 Å². The van der Waals surface area contributed by atoms with Gasteiger partial charge in [0.15, 0.2) is 0 Å². The van der Waals surface area contributed by atoms with Crippen molar-refractivity contribution >= 4 is 34.4 Å². The molecule has 3 aromatic carbocycles. The highest BCUT2D eigenvalue weighted by molar-refractivity contribution is 8.00. The zero-order valence-corrected chi connectivity index (χ0v) is 18.0. The normalized spacial score (nSPS) is 10.8. The number of hydrogen-bond acceptors (Lipinski definition) is 5. The fraction of sp³-hybridized carbons (Fsp3) is 0.125. The topological polar surface area (TPSA) is 64.1 Å². The molecule has 1 N–H and O–H groups in total. The van der Waals surface area contributed by atoms with Crippen molar-refractivity contribution in [3.05, 3.63) is 89.6 Å². The number of rotatable bonds is 7. The fourth-order valence-corrected chi connectivity index (χ4v) is 3.98. The van der Waals surface area contributed by atoms with Crippen LogP contribution in [0.2, 0.25) is 0 Å². The van der Waals surface area contributed by atoms with E-state index in [0.29, 0.717) is 22.7 Å². The van der Waals surface area contributed by atoms with Gasteiger partial charge in [-0.05, 0) is 30.3 Å². The largest absolute Gasteiger partial charge is 0.496 e. The highest BCUT2D eigenvalue weighted by atomic mass is 32.2. The summed E-state index contributed by atoms with van der Waals surface area (Å²) >= 11 is 1.21. The van der Waals surface area contributed by atoms with Crippen LogP contribution in [0.15, 0.2) is 71.8 Å². The third-order valence-electron chi connectivity index (χ3n) is 4.70. The number of hydrogen-bond donors (Lipinski definition) is 1. The average molecular weight is 451 g/mol. The van der Waals surface area contributed by atoms with Crippen molar-refractivity contribution in [2.75, 3.05) is 18.2 Å². The third kappa shape index (κ3) is 5.03. The molecule has 0 aliphatic heterocycles. The molecule has 32 heavy (non-hydrogen) atoms. The lowest BCUT2D eigenvalue weighted by molar-refractivity contribution is -0.113. The second kappa shape index (κ2) is 9.74. The monoisotopic (exact) mass is 451 g/mol. The van der Waals surface area contributed by atoms with Crippen molar-refractivity contribution in [3.8, 4) is 5.75 Å². The van der Waals surface area contributed by atoms with Gasteiger partial charge < -0.3 is 10.1 Å². The van der Waals surface area contributed by atoms with E-state index in [4.69, 9.17) is 14.7 Å². The summed E-state index contributed by atoms with van der Waals surface area (Å²) in [5.41, 5.74) is 3.04. The molecule has 0 saturated heterocycles. The molecule has 1 aromatic heterocycles. The maximum atomic E-state index is 13.8. The first-order valence-electron chi connectivity index (χ1n) is 9.79. The Morgan fingerprint density at radius 3 is 2.47 bits per heavy atom. The zero-order valence-electron chi connectivity index (χ0n) is 17.1. The quantitative estimate of drug-likeness (QED) is 0.390. The van der Waals surface area contributed by atoms with Crippen molar-refractivity contribution < 1.29 is 18.3 Å². The molecule has 4 aromatic rings. The Morgan fingerprint density at radius 1 is 1.00 bits per heavy atom. The minimum absolute atomic E-state index is 0.0111. The number of ether oxygens (including phenoxy) is 1. The molecule has 0 unspecified atom stereocenters. The maximum absolute atomic E-state index is 13.8. The summed E-state index contributed by atoms with van der Waals surface area (Å²) in [5, 5.41) is 3.06. The van der Waals surface area contributed by atoms with Gasteiger partial charge in [-0.25, -0.2) is 18.7 Å². The molecule has 0 spiro atoms. The lowest BCUT2D eigenvalue weighted by Crippen LogP contribution is -2.15. The van der Waals surface area contributed by atoms with Crippen molar-refractivity contribution in [2.24, 2.45) is 0 Å². The number of aromatic nitrogens is 2. The lowest BCUT2D eigenvalue weighted by Gasteiger charge is -2.12. The van der Waals surface area contributed by atoms with Gasteiger partial charge in [-0.15, -0.1) is 0 Å². The highest BCUT2D eigenvalue weighted by Crippen LogP contribution is 2.28. The number of para-hydroxylation sites is 3. The molecule has 0 aliphatic carbocycles. The minimum atomic E-state index is -0.828. The molecule has 0 fully saturated rings. The summed E-state index contributed by atoms with van der Waals surface area (Å²) < 4.78 is 32.4. The molecule has 0 bridgehead atoms. The number of nitrogens with zero attached hydrogens (tertiary/aromatic N) is 2. The second-order valence-electron chi connectivity index (χ2n) is 6.91. The molecule has 0 saturated carbocycles. The number of halogens is 2. The van der Waals surface area contributed by atoms with E-state index < -0.39 is 17.5 Å². The van der Waals surface area contributed by atoms with Crippen LogP contribution in [0.3, 0.4) is 0 Å². The number of thioether (sulfide) groups is 1. The van der Waals surface area contributed by atoms with E-state index in [1.807, 2.05) is 48.5 Å². The summed E-state index contributed by atoms with van der Waals surface area (Å²) in [4.78, 5) is 21.8. The van der Waals surface area contributed by atoms with Gasteiger partial charge in [0, 0.05) is 18.1 Å². The number of benzene rings is 3. The molecule has 8 heteroatoms. The van der Waals surface area contributed by atoms with Crippen LogP contribution in [0, 0.1) is 11.6 Å². The third-order valence-corrected chi connectivity index (χ3v) is 5.71. The molecular weight excluding hydrogens is 432 g/mol.